The standard InChI is InChI=1S/C14H20N2.C11H11N.C8H8FN/c1-12(14-9-6-10-16(14)2)15-11-13-7-4-3-5-8-13;1-2-5-10-8-9-6-3-4-7-11(9)12-10;9-8-7(6-3-4-6)2-1-5-10-8/h3-5,7-8,14-15H,1,6,9-11H2,2H3;2-4,6-8,12H,1,5H2;1-2,5-6H,3-4H2. The van der Waals surface area contributed by atoms with Crippen LogP contribution in [0, 0.1) is 5.95 Å². The van der Waals surface area contributed by atoms with Crippen molar-refractivity contribution >= 4 is 10.9 Å². The molecular formula is C33H39FN4. The molecule has 1 saturated heterocycles. The van der Waals surface area contributed by atoms with Gasteiger partial charge >= 0.3 is 0 Å². The maximum absolute atomic E-state index is 12.8. The van der Waals surface area contributed by atoms with Crippen molar-refractivity contribution in [1.29, 1.82) is 0 Å². The van der Waals surface area contributed by atoms with Crippen molar-refractivity contribution in [2.24, 2.45) is 0 Å². The molecule has 1 atom stereocenters. The van der Waals surface area contributed by atoms with Gasteiger partial charge in [-0.15, -0.1) is 6.58 Å². The van der Waals surface area contributed by atoms with E-state index in [1.165, 1.54) is 47.7 Å². The summed E-state index contributed by atoms with van der Waals surface area (Å²) in [6, 6.07) is 25.0. The number of benzene rings is 2. The van der Waals surface area contributed by atoms with Gasteiger partial charge in [-0.1, -0.05) is 67.3 Å². The van der Waals surface area contributed by atoms with Gasteiger partial charge in [-0.25, -0.2) is 4.98 Å². The lowest BCUT2D eigenvalue weighted by Crippen LogP contribution is -2.32. The zero-order valence-electron chi connectivity index (χ0n) is 22.4. The van der Waals surface area contributed by atoms with E-state index in [0.29, 0.717) is 12.0 Å². The second kappa shape index (κ2) is 13.7. The Kier molecular flexibility index (Phi) is 9.88. The van der Waals surface area contributed by atoms with Gasteiger partial charge in [-0.05, 0) is 74.3 Å². The maximum Gasteiger partial charge on any atom is 0.216 e. The summed E-state index contributed by atoms with van der Waals surface area (Å²) >= 11 is 0. The quantitative estimate of drug-likeness (QED) is 0.201. The maximum atomic E-state index is 12.8. The Hall–Kier alpha value is -3.70. The molecule has 5 heteroatoms. The van der Waals surface area contributed by atoms with Crippen molar-refractivity contribution < 1.29 is 4.39 Å². The smallest absolute Gasteiger partial charge is 0.216 e. The normalized spacial score (nSPS) is 16.6. The lowest BCUT2D eigenvalue weighted by Gasteiger charge is -2.22. The van der Waals surface area contributed by atoms with Crippen LogP contribution in [-0.2, 0) is 13.0 Å². The molecule has 2 fully saturated rings. The van der Waals surface area contributed by atoms with Crippen molar-refractivity contribution in [1.82, 2.24) is 20.2 Å². The monoisotopic (exact) mass is 510 g/mol. The second-order valence-electron chi connectivity index (χ2n) is 10.0. The topological polar surface area (TPSA) is 44.0 Å². The molecule has 0 amide bonds. The van der Waals surface area contributed by atoms with Crippen molar-refractivity contribution in [2.75, 3.05) is 13.6 Å². The zero-order valence-corrected chi connectivity index (χ0v) is 22.4. The van der Waals surface area contributed by atoms with Crippen molar-refractivity contribution in [2.45, 2.75) is 50.6 Å². The molecule has 2 aromatic heterocycles. The highest BCUT2D eigenvalue weighted by Gasteiger charge is 2.26. The van der Waals surface area contributed by atoms with Crippen molar-refractivity contribution in [3.05, 3.63) is 127 Å². The Bertz CT molecular complexity index is 1280. The van der Waals surface area contributed by atoms with Crippen molar-refractivity contribution in [3.8, 4) is 0 Å². The van der Waals surface area contributed by atoms with E-state index in [-0.39, 0.29) is 5.95 Å². The van der Waals surface area contributed by atoms with Crippen LogP contribution in [0.4, 0.5) is 4.39 Å². The molecule has 0 spiro atoms. The van der Waals surface area contributed by atoms with Crippen molar-refractivity contribution in [3.63, 3.8) is 0 Å². The number of hydrogen-bond acceptors (Lipinski definition) is 3. The molecule has 4 nitrogen and oxygen atoms in total. The predicted molar refractivity (Wildman–Crippen MR) is 156 cm³/mol. The molecule has 3 heterocycles. The zero-order chi connectivity index (χ0) is 26.7. The summed E-state index contributed by atoms with van der Waals surface area (Å²) in [5, 5.41) is 4.71. The summed E-state index contributed by atoms with van der Waals surface area (Å²) in [7, 11) is 2.17. The van der Waals surface area contributed by atoms with Gasteiger partial charge in [0.05, 0.1) is 0 Å². The van der Waals surface area contributed by atoms with E-state index in [1.54, 1.807) is 6.07 Å². The first-order valence-electron chi connectivity index (χ1n) is 13.5. The first kappa shape index (κ1) is 27.3. The number of nitrogens with one attached hydrogen (secondary N) is 2. The number of pyridine rings is 1. The Morgan fingerprint density at radius 2 is 1.84 bits per heavy atom. The molecule has 2 aliphatic rings. The predicted octanol–water partition coefficient (Wildman–Crippen LogP) is 7.38. The Labute approximate surface area is 226 Å². The summed E-state index contributed by atoms with van der Waals surface area (Å²) in [6.45, 7) is 9.93. The van der Waals surface area contributed by atoms with Gasteiger partial charge in [0, 0.05) is 47.7 Å². The number of hydrogen-bond donors (Lipinski definition) is 2. The van der Waals surface area contributed by atoms with E-state index in [0.717, 1.165) is 37.1 Å². The number of allylic oxidation sites excluding steroid dienone is 1. The fraction of sp³-hybridized carbons (Fsp3) is 0.303. The Morgan fingerprint density at radius 3 is 2.50 bits per heavy atom. The molecule has 1 saturated carbocycles. The van der Waals surface area contributed by atoms with Gasteiger partial charge in [-0.2, -0.15) is 4.39 Å². The van der Waals surface area contributed by atoms with Crippen LogP contribution in [0.5, 0.6) is 0 Å². The highest BCUT2D eigenvalue weighted by atomic mass is 19.1. The third kappa shape index (κ3) is 7.90. The number of rotatable bonds is 7. The SMILES string of the molecule is C=C(NCc1ccccc1)C1CCCN1C.C=CCc1cc2ccccc2[nH]1.Fc1ncccc1C1CC1. The third-order valence-corrected chi connectivity index (χ3v) is 7.04. The Morgan fingerprint density at radius 1 is 1.08 bits per heavy atom. The number of nitrogens with zero attached hydrogens (tertiary/aromatic N) is 2. The Balaban J connectivity index is 0.000000137. The number of para-hydroxylation sites is 1. The summed E-state index contributed by atoms with van der Waals surface area (Å²) < 4.78 is 12.8. The molecular weight excluding hydrogens is 471 g/mol. The van der Waals surface area contributed by atoms with E-state index in [4.69, 9.17) is 0 Å². The van der Waals surface area contributed by atoms with Crippen LogP contribution < -0.4 is 5.32 Å². The van der Waals surface area contributed by atoms with E-state index in [9.17, 15) is 4.39 Å². The minimum absolute atomic E-state index is 0.287. The first-order valence-corrected chi connectivity index (χ1v) is 13.5. The molecule has 6 rings (SSSR count). The van der Waals surface area contributed by atoms with Crippen LogP contribution >= 0.6 is 0 Å². The first-order chi connectivity index (χ1) is 18.5. The molecule has 1 unspecified atom stereocenters. The molecule has 38 heavy (non-hydrogen) atoms. The minimum Gasteiger partial charge on any atom is -0.383 e. The fourth-order valence-electron chi connectivity index (χ4n) is 4.78. The lowest BCUT2D eigenvalue weighted by molar-refractivity contribution is 0.334. The van der Waals surface area contributed by atoms with Gasteiger partial charge in [0.25, 0.3) is 0 Å². The summed E-state index contributed by atoms with van der Waals surface area (Å²) in [6.07, 6.45) is 9.08. The average molecular weight is 511 g/mol. The van der Waals surface area contributed by atoms with Crippen LogP contribution in [0.15, 0.2) is 104 Å². The van der Waals surface area contributed by atoms with Gasteiger partial charge in [0.15, 0.2) is 0 Å². The third-order valence-electron chi connectivity index (χ3n) is 7.04. The molecule has 4 aromatic rings. The number of H-pyrrole nitrogens is 1. The number of halogens is 1. The molecule has 1 aliphatic carbocycles. The molecule has 0 bridgehead atoms. The number of aromatic nitrogens is 2. The minimum atomic E-state index is -0.287. The lowest BCUT2D eigenvalue weighted by atomic mass is 10.1. The van der Waals surface area contributed by atoms with E-state index >= 15 is 0 Å². The molecule has 198 valence electrons. The van der Waals surface area contributed by atoms with Crippen LogP contribution in [0.2, 0.25) is 0 Å². The van der Waals surface area contributed by atoms with E-state index in [2.05, 4.69) is 82.9 Å². The van der Waals surface area contributed by atoms with Crippen LogP contribution in [0.3, 0.4) is 0 Å². The average Bonchev–Trinajstić information content (AvgIpc) is 3.56. The summed E-state index contributed by atoms with van der Waals surface area (Å²) in [4.78, 5) is 9.27. The van der Waals surface area contributed by atoms with Crippen LogP contribution in [0.1, 0.15) is 48.4 Å². The molecule has 1 aliphatic heterocycles. The van der Waals surface area contributed by atoms with E-state index in [1.807, 2.05) is 30.3 Å². The van der Waals surface area contributed by atoms with Gasteiger partial charge in [0.1, 0.15) is 0 Å². The fourth-order valence-corrected chi connectivity index (χ4v) is 4.78. The van der Waals surface area contributed by atoms with Gasteiger partial charge < -0.3 is 10.3 Å². The number of likely N-dealkylation sites (tertiary alicyclic amines) is 1. The summed E-state index contributed by atoms with van der Waals surface area (Å²) in [5.41, 5.74) is 5.69. The molecule has 2 N–H and O–H groups in total. The van der Waals surface area contributed by atoms with Crippen LogP contribution in [0.25, 0.3) is 10.9 Å². The number of aromatic amines is 1. The molecule has 0 radical (unpaired) electrons. The molecule has 2 aromatic carbocycles. The number of fused-ring (bicyclic) bond motifs is 1. The summed E-state index contributed by atoms with van der Waals surface area (Å²) in [5.74, 6) is 0.179. The van der Waals surface area contributed by atoms with Gasteiger partial charge in [0.2, 0.25) is 5.95 Å². The van der Waals surface area contributed by atoms with Gasteiger partial charge in [-0.3, -0.25) is 4.90 Å². The largest absolute Gasteiger partial charge is 0.383 e. The highest BCUT2D eigenvalue weighted by molar-refractivity contribution is 5.80. The highest BCUT2D eigenvalue weighted by Crippen LogP contribution is 2.40. The number of likely N-dealkylation sites (N-methyl/N-ethyl adjacent to an activating group) is 1. The van der Waals surface area contributed by atoms with Crippen LogP contribution in [-0.4, -0.2) is 34.5 Å². The second-order valence-corrected chi connectivity index (χ2v) is 10.0. The van der Waals surface area contributed by atoms with E-state index < -0.39 is 0 Å².